The zero-order valence-corrected chi connectivity index (χ0v) is 12.0. The normalized spacial score (nSPS) is 10.6. The zero-order valence-electron chi connectivity index (χ0n) is 12.0. The maximum atomic E-state index is 12.7. The molecule has 0 aliphatic heterocycles. The number of esters is 1. The van der Waals surface area contributed by atoms with Crippen LogP contribution in [-0.4, -0.2) is 22.1 Å². The average Bonchev–Trinajstić information content (AvgIpc) is 2.55. The van der Waals surface area contributed by atoms with Gasteiger partial charge in [0.05, 0.1) is 12.3 Å². The molecule has 5 nitrogen and oxygen atoms in total. The third-order valence-electron chi connectivity index (χ3n) is 3.27. The summed E-state index contributed by atoms with van der Waals surface area (Å²) in [6, 6.07) is 14.2. The van der Waals surface area contributed by atoms with Crippen molar-refractivity contribution in [2.75, 3.05) is 6.61 Å². The van der Waals surface area contributed by atoms with Crippen molar-refractivity contribution in [3.63, 3.8) is 0 Å². The van der Waals surface area contributed by atoms with E-state index >= 15 is 0 Å². The van der Waals surface area contributed by atoms with E-state index in [2.05, 4.69) is 4.98 Å². The molecule has 0 atom stereocenters. The molecule has 22 heavy (non-hydrogen) atoms. The highest BCUT2D eigenvalue weighted by molar-refractivity contribution is 5.93. The molecule has 0 fully saturated rings. The molecule has 0 saturated heterocycles. The van der Waals surface area contributed by atoms with E-state index in [1.807, 2.05) is 24.3 Å². The first-order chi connectivity index (χ1) is 10.7. The minimum atomic E-state index is -0.622. The van der Waals surface area contributed by atoms with Crippen LogP contribution in [0.25, 0.3) is 16.7 Å². The molecule has 2 heterocycles. The smallest absolute Gasteiger partial charge is 0.343 e. The summed E-state index contributed by atoms with van der Waals surface area (Å²) < 4.78 is 6.41. The van der Waals surface area contributed by atoms with Crippen LogP contribution in [0.4, 0.5) is 0 Å². The summed E-state index contributed by atoms with van der Waals surface area (Å²) in [4.78, 5) is 29.0. The van der Waals surface area contributed by atoms with Crippen LogP contribution in [0.2, 0.25) is 0 Å². The van der Waals surface area contributed by atoms with Crippen molar-refractivity contribution in [3.8, 4) is 5.69 Å². The summed E-state index contributed by atoms with van der Waals surface area (Å²) in [6.45, 7) is 1.92. The fraction of sp³-hybridized carbons (Fsp3) is 0.118. The monoisotopic (exact) mass is 294 g/mol. The lowest BCUT2D eigenvalue weighted by Crippen LogP contribution is -2.27. The van der Waals surface area contributed by atoms with Gasteiger partial charge < -0.3 is 4.74 Å². The van der Waals surface area contributed by atoms with Crippen LogP contribution >= 0.6 is 0 Å². The third kappa shape index (κ3) is 2.37. The molecule has 0 bridgehead atoms. The third-order valence-corrected chi connectivity index (χ3v) is 3.27. The predicted molar refractivity (Wildman–Crippen MR) is 83.3 cm³/mol. The molecule has 0 saturated carbocycles. The first kappa shape index (κ1) is 14.0. The number of carbonyl (C=O) groups is 1. The molecule has 0 aliphatic rings. The van der Waals surface area contributed by atoms with Crippen LogP contribution in [0, 0.1) is 0 Å². The Morgan fingerprint density at radius 3 is 2.68 bits per heavy atom. The Bertz CT molecular complexity index is 885. The molecule has 2 aromatic heterocycles. The molecule has 3 rings (SSSR count). The lowest BCUT2D eigenvalue weighted by Gasteiger charge is -2.11. The Kier molecular flexibility index (Phi) is 3.70. The van der Waals surface area contributed by atoms with Gasteiger partial charge in [-0.05, 0) is 37.3 Å². The van der Waals surface area contributed by atoms with Crippen molar-refractivity contribution < 1.29 is 9.53 Å². The first-order valence-corrected chi connectivity index (χ1v) is 6.95. The average molecular weight is 294 g/mol. The van der Waals surface area contributed by atoms with E-state index in [1.54, 1.807) is 31.3 Å². The van der Waals surface area contributed by atoms with E-state index in [1.165, 1.54) is 10.6 Å². The largest absolute Gasteiger partial charge is 0.462 e. The van der Waals surface area contributed by atoms with Crippen LogP contribution in [0.5, 0.6) is 0 Å². The summed E-state index contributed by atoms with van der Waals surface area (Å²) in [6.07, 6.45) is 1.62. The number of fused-ring (bicyclic) bond motifs is 1. The molecule has 0 amide bonds. The molecule has 1 aromatic carbocycles. The fourth-order valence-electron chi connectivity index (χ4n) is 2.31. The van der Waals surface area contributed by atoms with Gasteiger partial charge in [-0.15, -0.1) is 0 Å². The molecule has 0 N–H and O–H groups in total. The second-order valence-electron chi connectivity index (χ2n) is 4.67. The van der Waals surface area contributed by atoms with Crippen LogP contribution < -0.4 is 5.56 Å². The second kappa shape index (κ2) is 5.81. The second-order valence-corrected chi connectivity index (χ2v) is 4.67. The number of carbonyl (C=O) groups excluding carboxylic acids is 1. The van der Waals surface area contributed by atoms with Gasteiger partial charge in [-0.2, -0.15) is 0 Å². The van der Waals surface area contributed by atoms with Gasteiger partial charge in [0.2, 0.25) is 0 Å². The highest BCUT2D eigenvalue weighted by atomic mass is 16.5. The number of aromatic nitrogens is 2. The van der Waals surface area contributed by atoms with Gasteiger partial charge in [0, 0.05) is 11.6 Å². The van der Waals surface area contributed by atoms with Crippen molar-refractivity contribution in [2.45, 2.75) is 6.92 Å². The number of hydrogen-bond donors (Lipinski definition) is 0. The van der Waals surface area contributed by atoms with Gasteiger partial charge in [0.25, 0.3) is 5.56 Å². The molecular formula is C17H14N2O3. The van der Waals surface area contributed by atoms with Gasteiger partial charge in [-0.25, -0.2) is 9.78 Å². The summed E-state index contributed by atoms with van der Waals surface area (Å²) in [5.74, 6) is -0.622. The Morgan fingerprint density at radius 1 is 1.18 bits per heavy atom. The maximum Gasteiger partial charge on any atom is 0.343 e. The van der Waals surface area contributed by atoms with Gasteiger partial charge >= 0.3 is 5.97 Å². The van der Waals surface area contributed by atoms with Crippen molar-refractivity contribution in [1.82, 2.24) is 9.55 Å². The van der Waals surface area contributed by atoms with Crippen LogP contribution in [-0.2, 0) is 4.74 Å². The van der Waals surface area contributed by atoms with Gasteiger partial charge in [-0.1, -0.05) is 18.2 Å². The van der Waals surface area contributed by atoms with E-state index in [-0.39, 0.29) is 12.2 Å². The Morgan fingerprint density at radius 2 is 1.95 bits per heavy atom. The number of benzene rings is 1. The van der Waals surface area contributed by atoms with Crippen LogP contribution in [0.1, 0.15) is 17.3 Å². The zero-order chi connectivity index (χ0) is 15.5. The number of pyridine rings is 2. The Labute approximate surface area is 126 Å². The van der Waals surface area contributed by atoms with E-state index in [9.17, 15) is 9.59 Å². The molecule has 110 valence electrons. The van der Waals surface area contributed by atoms with Gasteiger partial charge in [0.1, 0.15) is 11.2 Å². The van der Waals surface area contributed by atoms with E-state index < -0.39 is 11.5 Å². The Balaban J connectivity index is 2.36. The van der Waals surface area contributed by atoms with Crippen LogP contribution in [0.15, 0.2) is 59.5 Å². The van der Waals surface area contributed by atoms with Crippen molar-refractivity contribution in [2.24, 2.45) is 0 Å². The van der Waals surface area contributed by atoms with E-state index in [4.69, 9.17) is 4.74 Å². The summed E-state index contributed by atoms with van der Waals surface area (Å²) in [5, 5.41) is 0.703. The lowest BCUT2D eigenvalue weighted by molar-refractivity contribution is 0.0524. The van der Waals surface area contributed by atoms with Gasteiger partial charge in [0.15, 0.2) is 0 Å². The van der Waals surface area contributed by atoms with E-state index in [0.717, 1.165) is 0 Å². The number of rotatable bonds is 3. The summed E-state index contributed by atoms with van der Waals surface area (Å²) in [7, 11) is 0. The highest BCUT2D eigenvalue weighted by Crippen LogP contribution is 2.16. The molecular weight excluding hydrogens is 280 g/mol. The molecule has 0 spiro atoms. The van der Waals surface area contributed by atoms with Crippen LogP contribution in [0.3, 0.4) is 0 Å². The SMILES string of the molecule is CCOC(=O)c1cc2cccnc2n(-c2ccccc2)c1=O. The molecule has 0 aliphatic carbocycles. The Hall–Kier alpha value is -2.95. The molecule has 0 radical (unpaired) electrons. The summed E-state index contributed by atoms with van der Waals surface area (Å²) >= 11 is 0. The quantitative estimate of drug-likeness (QED) is 0.697. The predicted octanol–water partition coefficient (Wildman–Crippen LogP) is 2.56. The minimum Gasteiger partial charge on any atom is -0.462 e. The highest BCUT2D eigenvalue weighted by Gasteiger charge is 2.17. The topological polar surface area (TPSA) is 61.2 Å². The molecule has 0 unspecified atom stereocenters. The number of hydrogen-bond acceptors (Lipinski definition) is 4. The lowest BCUT2D eigenvalue weighted by atomic mass is 10.2. The molecule has 3 aromatic rings. The number of ether oxygens (including phenoxy) is 1. The van der Waals surface area contributed by atoms with Crippen molar-refractivity contribution in [1.29, 1.82) is 0 Å². The summed E-state index contributed by atoms with van der Waals surface area (Å²) in [5.41, 5.74) is 0.733. The number of para-hydroxylation sites is 1. The van der Waals surface area contributed by atoms with Crippen molar-refractivity contribution in [3.05, 3.63) is 70.6 Å². The standard InChI is InChI=1S/C17H14N2O3/c1-2-22-17(21)14-11-12-7-6-10-18-15(12)19(16(14)20)13-8-4-3-5-9-13/h3-11H,2H2,1H3. The molecule has 5 heteroatoms. The van der Waals surface area contributed by atoms with Crippen molar-refractivity contribution >= 4 is 17.0 Å². The fourth-order valence-corrected chi connectivity index (χ4v) is 2.31. The first-order valence-electron chi connectivity index (χ1n) is 6.95. The van der Waals surface area contributed by atoms with E-state index in [0.29, 0.717) is 16.7 Å². The number of nitrogens with zero attached hydrogens (tertiary/aromatic N) is 2. The maximum absolute atomic E-state index is 12.7. The minimum absolute atomic E-state index is 0.00574. The van der Waals surface area contributed by atoms with Gasteiger partial charge in [-0.3, -0.25) is 9.36 Å².